The number of rotatable bonds is 2. The van der Waals surface area contributed by atoms with Crippen molar-refractivity contribution in [2.75, 3.05) is 31.6 Å². The first kappa shape index (κ1) is 13.6. The van der Waals surface area contributed by atoms with Crippen LogP contribution in [0.3, 0.4) is 0 Å². The van der Waals surface area contributed by atoms with Crippen LogP contribution in [0.25, 0.3) is 0 Å². The number of hydrogen-bond donors (Lipinski definition) is 1. The standard InChI is InChI=1S/C11H12ClN3O4/c12-8-1-2-10(15(17)18)9(7-8)13-11(16)14-3-5-19-6-4-14/h1-2,7H,3-6H2,(H,13,16). The molecule has 102 valence electrons. The number of nitro benzene ring substituents is 1. The summed E-state index contributed by atoms with van der Waals surface area (Å²) < 4.78 is 5.13. The molecule has 0 atom stereocenters. The predicted molar refractivity (Wildman–Crippen MR) is 69.5 cm³/mol. The van der Waals surface area contributed by atoms with Gasteiger partial charge in [-0.15, -0.1) is 0 Å². The number of nitrogens with zero attached hydrogens (tertiary/aromatic N) is 2. The Hall–Kier alpha value is -1.86. The molecule has 1 fully saturated rings. The maximum Gasteiger partial charge on any atom is 0.322 e. The van der Waals surface area contributed by atoms with Gasteiger partial charge in [0, 0.05) is 24.2 Å². The van der Waals surface area contributed by atoms with E-state index >= 15 is 0 Å². The molecule has 1 aliphatic heterocycles. The predicted octanol–water partition coefficient (Wildman–Crippen LogP) is 2.11. The van der Waals surface area contributed by atoms with Gasteiger partial charge in [-0.25, -0.2) is 4.79 Å². The molecule has 19 heavy (non-hydrogen) atoms. The summed E-state index contributed by atoms with van der Waals surface area (Å²) in [5, 5.41) is 13.7. The monoisotopic (exact) mass is 285 g/mol. The van der Waals surface area contributed by atoms with Crippen molar-refractivity contribution in [3.63, 3.8) is 0 Å². The minimum absolute atomic E-state index is 0.0917. The number of nitrogens with one attached hydrogen (secondary N) is 1. The number of amides is 2. The Labute approximate surface area is 114 Å². The fraction of sp³-hybridized carbons (Fsp3) is 0.364. The van der Waals surface area contributed by atoms with Crippen LogP contribution in [0.2, 0.25) is 5.02 Å². The fourth-order valence-corrected chi connectivity index (χ4v) is 1.90. The van der Waals surface area contributed by atoms with E-state index in [4.69, 9.17) is 16.3 Å². The molecule has 1 N–H and O–H groups in total. The number of anilines is 1. The number of hydrogen-bond acceptors (Lipinski definition) is 4. The number of carbonyl (C=O) groups is 1. The third-order valence-electron chi connectivity index (χ3n) is 2.70. The van der Waals surface area contributed by atoms with E-state index < -0.39 is 11.0 Å². The third kappa shape index (κ3) is 3.33. The zero-order valence-electron chi connectivity index (χ0n) is 9.97. The summed E-state index contributed by atoms with van der Waals surface area (Å²) in [4.78, 5) is 23.8. The zero-order valence-corrected chi connectivity index (χ0v) is 10.7. The topological polar surface area (TPSA) is 84.7 Å². The molecule has 8 heteroatoms. The maximum absolute atomic E-state index is 11.9. The van der Waals surface area contributed by atoms with Gasteiger partial charge in [0.25, 0.3) is 5.69 Å². The van der Waals surface area contributed by atoms with E-state index in [1.165, 1.54) is 23.1 Å². The van der Waals surface area contributed by atoms with E-state index in [-0.39, 0.29) is 11.4 Å². The third-order valence-corrected chi connectivity index (χ3v) is 2.93. The first-order valence-corrected chi connectivity index (χ1v) is 6.03. The van der Waals surface area contributed by atoms with E-state index in [1.807, 2.05) is 0 Å². The minimum Gasteiger partial charge on any atom is -0.378 e. The van der Waals surface area contributed by atoms with E-state index in [0.29, 0.717) is 31.3 Å². The SMILES string of the molecule is O=C(Nc1cc(Cl)ccc1[N+](=O)[O-])N1CCOCC1. The summed E-state index contributed by atoms with van der Waals surface area (Å²) in [5.74, 6) is 0. The van der Waals surface area contributed by atoms with Crippen LogP contribution in [-0.4, -0.2) is 42.2 Å². The van der Waals surface area contributed by atoms with Crippen molar-refractivity contribution in [1.29, 1.82) is 0 Å². The Bertz CT molecular complexity index is 503. The number of morpholine rings is 1. The van der Waals surface area contributed by atoms with Crippen LogP contribution < -0.4 is 5.32 Å². The fourth-order valence-electron chi connectivity index (χ4n) is 1.73. The molecule has 1 aromatic carbocycles. The molecule has 0 aromatic heterocycles. The zero-order chi connectivity index (χ0) is 13.8. The highest BCUT2D eigenvalue weighted by atomic mass is 35.5. The highest BCUT2D eigenvalue weighted by Gasteiger charge is 2.21. The number of halogens is 1. The number of nitro groups is 1. The van der Waals surface area contributed by atoms with E-state index in [0.717, 1.165) is 0 Å². The maximum atomic E-state index is 11.9. The largest absolute Gasteiger partial charge is 0.378 e. The van der Waals surface area contributed by atoms with Gasteiger partial charge in [0.05, 0.1) is 18.1 Å². The van der Waals surface area contributed by atoms with Crippen molar-refractivity contribution in [1.82, 2.24) is 4.90 Å². The first-order valence-electron chi connectivity index (χ1n) is 5.65. The van der Waals surface area contributed by atoms with Crippen LogP contribution in [0.5, 0.6) is 0 Å². The van der Waals surface area contributed by atoms with E-state index in [2.05, 4.69) is 5.32 Å². The summed E-state index contributed by atoms with van der Waals surface area (Å²) >= 11 is 5.78. The quantitative estimate of drug-likeness (QED) is 0.666. The average Bonchev–Trinajstić information content (AvgIpc) is 2.39. The average molecular weight is 286 g/mol. The Morgan fingerprint density at radius 2 is 2.11 bits per heavy atom. The van der Waals surface area contributed by atoms with Gasteiger partial charge < -0.3 is 15.0 Å². The van der Waals surface area contributed by atoms with Gasteiger partial charge in [-0.1, -0.05) is 11.6 Å². The lowest BCUT2D eigenvalue weighted by Gasteiger charge is -2.26. The summed E-state index contributed by atoms with van der Waals surface area (Å²) in [7, 11) is 0. The van der Waals surface area contributed by atoms with Gasteiger partial charge in [-0.05, 0) is 12.1 Å². The van der Waals surface area contributed by atoms with Gasteiger partial charge in [0.2, 0.25) is 0 Å². The van der Waals surface area contributed by atoms with Gasteiger partial charge in [0.15, 0.2) is 0 Å². The normalized spacial score (nSPS) is 15.1. The number of ether oxygens (including phenoxy) is 1. The van der Waals surface area contributed by atoms with Gasteiger partial charge >= 0.3 is 6.03 Å². The van der Waals surface area contributed by atoms with Crippen molar-refractivity contribution >= 4 is 29.0 Å². The van der Waals surface area contributed by atoms with Gasteiger partial charge in [-0.2, -0.15) is 0 Å². The van der Waals surface area contributed by atoms with Crippen molar-refractivity contribution in [3.05, 3.63) is 33.3 Å². The highest BCUT2D eigenvalue weighted by molar-refractivity contribution is 6.31. The Morgan fingerprint density at radius 3 is 2.74 bits per heavy atom. The van der Waals surface area contributed by atoms with Crippen LogP contribution in [0.4, 0.5) is 16.2 Å². The second-order valence-electron chi connectivity index (χ2n) is 3.95. The Balaban J connectivity index is 2.15. The number of urea groups is 1. The van der Waals surface area contributed by atoms with Crippen LogP contribution in [0.1, 0.15) is 0 Å². The van der Waals surface area contributed by atoms with Crippen LogP contribution in [-0.2, 0) is 4.74 Å². The molecule has 0 aliphatic carbocycles. The van der Waals surface area contributed by atoms with Crippen molar-refractivity contribution in [2.45, 2.75) is 0 Å². The van der Waals surface area contributed by atoms with Crippen LogP contribution >= 0.6 is 11.6 Å². The van der Waals surface area contributed by atoms with Gasteiger partial charge in [-0.3, -0.25) is 10.1 Å². The summed E-state index contributed by atoms with van der Waals surface area (Å²) in [6.45, 7) is 1.84. The Kier molecular flexibility index (Phi) is 4.18. The lowest BCUT2D eigenvalue weighted by Crippen LogP contribution is -2.43. The first-order chi connectivity index (χ1) is 9.08. The van der Waals surface area contributed by atoms with Crippen molar-refractivity contribution < 1.29 is 14.5 Å². The van der Waals surface area contributed by atoms with E-state index in [9.17, 15) is 14.9 Å². The molecular weight excluding hydrogens is 274 g/mol. The molecule has 0 radical (unpaired) electrons. The molecule has 0 saturated carbocycles. The van der Waals surface area contributed by atoms with Crippen LogP contribution in [0.15, 0.2) is 18.2 Å². The smallest absolute Gasteiger partial charge is 0.322 e. The molecule has 2 rings (SSSR count). The van der Waals surface area contributed by atoms with Crippen molar-refractivity contribution in [3.8, 4) is 0 Å². The minimum atomic E-state index is -0.564. The lowest BCUT2D eigenvalue weighted by atomic mass is 10.2. The lowest BCUT2D eigenvalue weighted by molar-refractivity contribution is -0.383. The molecule has 0 spiro atoms. The molecule has 0 unspecified atom stereocenters. The number of carbonyl (C=O) groups excluding carboxylic acids is 1. The summed E-state index contributed by atoms with van der Waals surface area (Å²) in [6, 6.07) is 3.63. The molecule has 2 amide bonds. The molecular formula is C11H12ClN3O4. The second kappa shape index (κ2) is 5.85. The molecule has 7 nitrogen and oxygen atoms in total. The van der Waals surface area contributed by atoms with Crippen molar-refractivity contribution in [2.24, 2.45) is 0 Å². The summed E-state index contributed by atoms with van der Waals surface area (Å²) in [5.41, 5.74) is -0.0972. The highest BCUT2D eigenvalue weighted by Crippen LogP contribution is 2.27. The molecule has 1 aliphatic rings. The number of benzene rings is 1. The molecule has 1 heterocycles. The second-order valence-corrected chi connectivity index (χ2v) is 4.38. The van der Waals surface area contributed by atoms with Gasteiger partial charge in [0.1, 0.15) is 5.69 Å². The molecule has 0 bridgehead atoms. The van der Waals surface area contributed by atoms with E-state index in [1.54, 1.807) is 0 Å². The van der Waals surface area contributed by atoms with Crippen LogP contribution in [0, 0.1) is 10.1 Å². The summed E-state index contributed by atoms with van der Waals surface area (Å²) in [6.07, 6.45) is 0. The Morgan fingerprint density at radius 1 is 1.42 bits per heavy atom. The molecule has 1 saturated heterocycles. The molecule has 1 aromatic rings.